The predicted molar refractivity (Wildman–Crippen MR) is 123 cm³/mol. The Morgan fingerprint density at radius 2 is 1.60 bits per heavy atom. The van der Waals surface area contributed by atoms with Crippen LogP contribution < -0.4 is 9.64 Å². The summed E-state index contributed by atoms with van der Waals surface area (Å²) in [7, 11) is 0. The van der Waals surface area contributed by atoms with Crippen molar-refractivity contribution in [2.45, 2.75) is 20.8 Å². The Balaban J connectivity index is 1.80. The molecule has 30 heavy (non-hydrogen) atoms. The van der Waals surface area contributed by atoms with Gasteiger partial charge in [0.2, 0.25) is 5.88 Å². The molecule has 5 rings (SSSR count). The summed E-state index contributed by atoms with van der Waals surface area (Å²) in [6.45, 7) is 6.15. The molecule has 0 atom stereocenters. The van der Waals surface area contributed by atoms with E-state index in [1.54, 1.807) is 0 Å². The van der Waals surface area contributed by atoms with Gasteiger partial charge >= 0.3 is 0 Å². The molecule has 0 saturated heterocycles. The Kier molecular flexibility index (Phi) is 4.44. The van der Waals surface area contributed by atoms with Gasteiger partial charge < -0.3 is 9.15 Å². The standard InChI is InChI=1S/C27H23NO2/c1-4-10-24-19(3)26-27(30-24)28(23-13-8-9-14-25(23)29-26)22-16-15-18(2)17-21(22)20-11-6-5-7-12-20/h4-17H,1-3H3/b10-4-. The zero-order valence-electron chi connectivity index (χ0n) is 17.3. The fourth-order valence-corrected chi connectivity index (χ4v) is 3.96. The van der Waals surface area contributed by atoms with E-state index >= 15 is 0 Å². The third-order valence-corrected chi connectivity index (χ3v) is 5.43. The third kappa shape index (κ3) is 2.91. The number of rotatable bonds is 3. The van der Waals surface area contributed by atoms with Crippen molar-refractivity contribution in [2.75, 3.05) is 4.90 Å². The number of ether oxygens (including phenoxy) is 1. The van der Waals surface area contributed by atoms with Crippen LogP contribution in [-0.2, 0) is 0 Å². The molecule has 1 aliphatic rings. The SMILES string of the molecule is C/C=C\c1oc2c(c1C)Oc1ccccc1N2c1ccc(C)cc1-c1ccccc1. The predicted octanol–water partition coefficient (Wildman–Crippen LogP) is 8.17. The summed E-state index contributed by atoms with van der Waals surface area (Å²) in [4.78, 5) is 2.18. The lowest BCUT2D eigenvalue weighted by atomic mass is 9.99. The molecule has 0 aliphatic carbocycles. The van der Waals surface area contributed by atoms with Crippen molar-refractivity contribution >= 4 is 23.3 Å². The van der Waals surface area contributed by atoms with E-state index in [0.29, 0.717) is 5.88 Å². The molecule has 0 bridgehead atoms. The molecule has 3 heteroatoms. The van der Waals surface area contributed by atoms with Crippen molar-refractivity contribution in [1.82, 2.24) is 0 Å². The number of anilines is 3. The molecule has 0 unspecified atom stereocenters. The second-order valence-corrected chi connectivity index (χ2v) is 7.52. The summed E-state index contributed by atoms with van der Waals surface area (Å²) in [5, 5.41) is 0. The Labute approximate surface area is 176 Å². The van der Waals surface area contributed by atoms with E-state index in [2.05, 4.69) is 60.4 Å². The zero-order valence-corrected chi connectivity index (χ0v) is 17.3. The smallest absolute Gasteiger partial charge is 0.249 e. The van der Waals surface area contributed by atoms with Crippen molar-refractivity contribution in [3.63, 3.8) is 0 Å². The molecular formula is C27H23NO2. The van der Waals surface area contributed by atoms with E-state index in [1.807, 2.05) is 50.3 Å². The molecule has 0 radical (unpaired) electrons. The van der Waals surface area contributed by atoms with Gasteiger partial charge in [-0.05, 0) is 56.7 Å². The first-order valence-corrected chi connectivity index (χ1v) is 10.2. The molecule has 1 aliphatic heterocycles. The van der Waals surface area contributed by atoms with Gasteiger partial charge in [-0.3, -0.25) is 4.90 Å². The number of aryl methyl sites for hydroxylation is 1. The molecule has 4 aromatic rings. The molecule has 0 fully saturated rings. The van der Waals surface area contributed by atoms with Gasteiger partial charge in [-0.2, -0.15) is 0 Å². The van der Waals surface area contributed by atoms with Gasteiger partial charge in [0.25, 0.3) is 0 Å². The summed E-state index contributed by atoms with van der Waals surface area (Å²) >= 11 is 0. The van der Waals surface area contributed by atoms with E-state index in [9.17, 15) is 0 Å². The van der Waals surface area contributed by atoms with Gasteiger partial charge in [0.15, 0.2) is 11.5 Å². The van der Waals surface area contributed by atoms with Crippen molar-refractivity contribution in [3.8, 4) is 22.6 Å². The normalized spacial score (nSPS) is 12.6. The molecule has 3 aromatic carbocycles. The number of hydrogen-bond acceptors (Lipinski definition) is 3. The van der Waals surface area contributed by atoms with E-state index in [0.717, 1.165) is 39.8 Å². The van der Waals surface area contributed by atoms with Crippen LogP contribution in [0.15, 0.2) is 83.3 Å². The summed E-state index contributed by atoms with van der Waals surface area (Å²) in [6, 6.07) is 25.1. The lowest BCUT2D eigenvalue weighted by molar-refractivity contribution is 0.456. The van der Waals surface area contributed by atoms with Crippen molar-refractivity contribution < 1.29 is 9.15 Å². The minimum absolute atomic E-state index is 0.709. The fourth-order valence-electron chi connectivity index (χ4n) is 3.96. The Morgan fingerprint density at radius 1 is 0.833 bits per heavy atom. The average molecular weight is 393 g/mol. The van der Waals surface area contributed by atoms with Gasteiger partial charge in [0.05, 0.1) is 11.4 Å². The van der Waals surface area contributed by atoms with Crippen molar-refractivity contribution in [1.29, 1.82) is 0 Å². The Hall–Kier alpha value is -3.72. The maximum atomic E-state index is 6.34. The highest BCUT2D eigenvalue weighted by Gasteiger charge is 2.33. The molecule has 148 valence electrons. The van der Waals surface area contributed by atoms with Gasteiger partial charge in [-0.25, -0.2) is 0 Å². The van der Waals surface area contributed by atoms with Gasteiger partial charge in [0.1, 0.15) is 5.76 Å². The van der Waals surface area contributed by atoms with Crippen LogP contribution in [0, 0.1) is 13.8 Å². The summed E-state index contributed by atoms with van der Waals surface area (Å²) < 4.78 is 12.6. The largest absolute Gasteiger partial charge is 0.449 e. The number of allylic oxidation sites excluding steroid dienone is 1. The minimum Gasteiger partial charge on any atom is -0.449 e. The van der Waals surface area contributed by atoms with E-state index in [4.69, 9.17) is 9.15 Å². The third-order valence-electron chi connectivity index (χ3n) is 5.43. The van der Waals surface area contributed by atoms with Crippen LogP contribution in [-0.4, -0.2) is 0 Å². The second kappa shape index (κ2) is 7.27. The molecule has 0 amide bonds. The van der Waals surface area contributed by atoms with Crippen LogP contribution in [0.3, 0.4) is 0 Å². The summed E-state index contributed by atoms with van der Waals surface area (Å²) in [5.74, 6) is 3.11. The maximum absolute atomic E-state index is 6.34. The highest BCUT2D eigenvalue weighted by molar-refractivity contribution is 5.92. The monoisotopic (exact) mass is 393 g/mol. The molecule has 2 heterocycles. The molecule has 3 nitrogen and oxygen atoms in total. The number of furan rings is 1. The van der Waals surface area contributed by atoms with Crippen LogP contribution >= 0.6 is 0 Å². The second-order valence-electron chi connectivity index (χ2n) is 7.52. The first kappa shape index (κ1) is 18.3. The van der Waals surface area contributed by atoms with Gasteiger partial charge in [-0.1, -0.05) is 60.2 Å². The molecule has 0 N–H and O–H groups in total. The minimum atomic E-state index is 0.709. The van der Waals surface area contributed by atoms with Crippen molar-refractivity contribution in [2.24, 2.45) is 0 Å². The highest BCUT2D eigenvalue weighted by Crippen LogP contribution is 2.55. The molecule has 0 spiro atoms. The number of para-hydroxylation sites is 2. The number of hydrogen-bond donors (Lipinski definition) is 0. The molecule has 0 saturated carbocycles. The first-order valence-electron chi connectivity index (χ1n) is 10.2. The van der Waals surface area contributed by atoms with Gasteiger partial charge in [-0.15, -0.1) is 0 Å². The Bertz CT molecular complexity index is 1250. The average Bonchev–Trinajstić information content (AvgIpc) is 3.08. The maximum Gasteiger partial charge on any atom is 0.249 e. The number of benzene rings is 3. The van der Waals surface area contributed by atoms with E-state index in [-0.39, 0.29) is 0 Å². The van der Waals surface area contributed by atoms with Crippen LogP contribution in [0.4, 0.5) is 17.3 Å². The lowest BCUT2D eigenvalue weighted by Crippen LogP contribution is -2.15. The quantitative estimate of drug-likeness (QED) is 0.309. The highest BCUT2D eigenvalue weighted by atomic mass is 16.5. The topological polar surface area (TPSA) is 25.6 Å². The fraction of sp³-hybridized carbons (Fsp3) is 0.111. The van der Waals surface area contributed by atoms with Crippen LogP contribution in [0.25, 0.3) is 17.2 Å². The van der Waals surface area contributed by atoms with Gasteiger partial charge in [0, 0.05) is 11.1 Å². The molecular weight excluding hydrogens is 370 g/mol. The van der Waals surface area contributed by atoms with Crippen LogP contribution in [0.2, 0.25) is 0 Å². The lowest BCUT2D eigenvalue weighted by Gasteiger charge is -2.31. The zero-order chi connectivity index (χ0) is 20.7. The summed E-state index contributed by atoms with van der Waals surface area (Å²) in [6.07, 6.45) is 3.96. The Morgan fingerprint density at radius 3 is 2.40 bits per heavy atom. The van der Waals surface area contributed by atoms with E-state index < -0.39 is 0 Å². The summed E-state index contributed by atoms with van der Waals surface area (Å²) in [5.41, 5.74) is 6.55. The molecule has 1 aromatic heterocycles. The van der Waals surface area contributed by atoms with Crippen LogP contribution in [0.5, 0.6) is 11.5 Å². The van der Waals surface area contributed by atoms with Crippen LogP contribution in [0.1, 0.15) is 23.8 Å². The number of fused-ring (bicyclic) bond motifs is 2. The first-order chi connectivity index (χ1) is 14.7. The van der Waals surface area contributed by atoms with E-state index in [1.165, 1.54) is 11.1 Å². The van der Waals surface area contributed by atoms with Crippen molar-refractivity contribution in [3.05, 3.63) is 95.8 Å². The number of nitrogens with zero attached hydrogens (tertiary/aromatic N) is 1.